The summed E-state index contributed by atoms with van der Waals surface area (Å²) >= 11 is 0. The van der Waals surface area contributed by atoms with E-state index in [-0.39, 0.29) is 0 Å². The fourth-order valence-corrected chi connectivity index (χ4v) is 3.04. The van der Waals surface area contributed by atoms with Crippen LogP contribution in [0.1, 0.15) is 48.9 Å². The minimum atomic E-state index is 0.308. The lowest BCUT2D eigenvalue weighted by Crippen LogP contribution is -2.31. The normalized spacial score (nSPS) is 21.2. The Labute approximate surface area is 135 Å². The minimum Gasteiger partial charge on any atom is -0.377 e. The first kappa shape index (κ1) is 14.8. The molecule has 122 valence electrons. The smallest absolute Gasteiger partial charge is 0.240 e. The van der Waals surface area contributed by atoms with E-state index in [4.69, 9.17) is 9.26 Å². The van der Waals surface area contributed by atoms with Gasteiger partial charge in [-0.2, -0.15) is 4.98 Å². The molecule has 6 nitrogen and oxygen atoms in total. The predicted molar refractivity (Wildman–Crippen MR) is 83.6 cm³/mol. The van der Waals surface area contributed by atoms with Gasteiger partial charge in [0.1, 0.15) is 0 Å². The summed E-state index contributed by atoms with van der Waals surface area (Å²) in [5.74, 6) is 2.11. The average Bonchev–Trinajstić information content (AvgIpc) is 3.09. The fourth-order valence-electron chi connectivity index (χ4n) is 3.04. The van der Waals surface area contributed by atoms with E-state index in [2.05, 4.69) is 20.0 Å². The van der Waals surface area contributed by atoms with Gasteiger partial charge in [0.15, 0.2) is 5.82 Å². The Bertz CT molecular complexity index is 621. The van der Waals surface area contributed by atoms with Gasteiger partial charge in [0.2, 0.25) is 5.89 Å². The second-order valence-electron chi connectivity index (χ2n) is 6.48. The molecule has 2 aromatic rings. The summed E-state index contributed by atoms with van der Waals surface area (Å²) in [4.78, 5) is 11.0. The van der Waals surface area contributed by atoms with Gasteiger partial charge < -0.3 is 9.26 Å². The van der Waals surface area contributed by atoms with Crippen LogP contribution in [0.3, 0.4) is 0 Å². The number of aromatic nitrogens is 3. The maximum atomic E-state index is 5.79. The summed E-state index contributed by atoms with van der Waals surface area (Å²) in [5.41, 5.74) is 1.24. The van der Waals surface area contributed by atoms with Crippen LogP contribution in [-0.4, -0.2) is 39.3 Å². The zero-order chi connectivity index (χ0) is 15.5. The molecule has 1 atom stereocenters. The maximum Gasteiger partial charge on any atom is 0.240 e. The zero-order valence-electron chi connectivity index (χ0n) is 13.2. The highest BCUT2D eigenvalue weighted by Gasteiger charge is 2.29. The van der Waals surface area contributed by atoms with Crippen molar-refractivity contribution in [1.82, 2.24) is 20.0 Å². The molecular formula is C17H22N4O2. The Hall–Kier alpha value is -1.79. The number of hydrogen-bond acceptors (Lipinski definition) is 6. The van der Waals surface area contributed by atoms with E-state index in [1.807, 2.05) is 24.5 Å². The van der Waals surface area contributed by atoms with Crippen LogP contribution >= 0.6 is 0 Å². The van der Waals surface area contributed by atoms with Gasteiger partial charge in [0, 0.05) is 38.0 Å². The number of ether oxygens (including phenoxy) is 1. The molecular weight excluding hydrogens is 292 g/mol. The van der Waals surface area contributed by atoms with Gasteiger partial charge in [-0.25, -0.2) is 0 Å². The van der Waals surface area contributed by atoms with E-state index in [1.54, 1.807) is 0 Å². The van der Waals surface area contributed by atoms with Crippen molar-refractivity contribution < 1.29 is 9.26 Å². The quantitative estimate of drug-likeness (QED) is 0.782. The third-order valence-electron chi connectivity index (χ3n) is 4.43. The van der Waals surface area contributed by atoms with E-state index in [1.165, 1.54) is 18.4 Å². The Morgan fingerprint density at radius 3 is 2.74 bits per heavy atom. The first-order valence-corrected chi connectivity index (χ1v) is 8.42. The molecule has 0 aromatic carbocycles. The second kappa shape index (κ2) is 6.76. The monoisotopic (exact) mass is 314 g/mol. The van der Waals surface area contributed by atoms with Crippen molar-refractivity contribution in [2.45, 2.75) is 50.8 Å². The topological polar surface area (TPSA) is 64.3 Å². The van der Waals surface area contributed by atoms with E-state index in [9.17, 15) is 0 Å². The molecule has 0 spiro atoms. The molecule has 0 N–H and O–H groups in total. The van der Waals surface area contributed by atoms with Gasteiger partial charge >= 0.3 is 0 Å². The van der Waals surface area contributed by atoms with Crippen LogP contribution in [-0.2, 0) is 17.8 Å². The van der Waals surface area contributed by atoms with Crippen LogP contribution < -0.4 is 0 Å². The Morgan fingerprint density at radius 2 is 2.00 bits per heavy atom. The van der Waals surface area contributed by atoms with E-state index >= 15 is 0 Å². The lowest BCUT2D eigenvalue weighted by atomic mass is 10.2. The fraction of sp³-hybridized carbons (Fsp3) is 0.588. The third-order valence-corrected chi connectivity index (χ3v) is 4.43. The Kier molecular flexibility index (Phi) is 4.35. The van der Waals surface area contributed by atoms with Crippen LogP contribution in [0.5, 0.6) is 0 Å². The molecule has 1 aliphatic carbocycles. The van der Waals surface area contributed by atoms with Gasteiger partial charge in [-0.15, -0.1) is 0 Å². The number of rotatable bonds is 7. The second-order valence-corrected chi connectivity index (χ2v) is 6.48. The Balaban J connectivity index is 1.43. The van der Waals surface area contributed by atoms with E-state index in [0.717, 1.165) is 38.4 Å². The minimum absolute atomic E-state index is 0.308. The summed E-state index contributed by atoms with van der Waals surface area (Å²) in [6.07, 6.45) is 8.63. The molecule has 2 fully saturated rings. The Morgan fingerprint density at radius 1 is 1.13 bits per heavy atom. The first-order valence-electron chi connectivity index (χ1n) is 8.42. The van der Waals surface area contributed by atoms with Gasteiger partial charge in [0.25, 0.3) is 0 Å². The zero-order valence-corrected chi connectivity index (χ0v) is 13.2. The molecule has 6 heteroatoms. The molecule has 23 heavy (non-hydrogen) atoms. The van der Waals surface area contributed by atoms with Crippen molar-refractivity contribution in [3.8, 4) is 0 Å². The summed E-state index contributed by atoms with van der Waals surface area (Å²) in [6.45, 7) is 3.27. The number of nitrogens with zero attached hydrogens (tertiary/aromatic N) is 4. The van der Waals surface area contributed by atoms with Crippen molar-refractivity contribution in [3.05, 3.63) is 41.8 Å². The lowest BCUT2D eigenvalue weighted by molar-refractivity contribution is 0.0640. The average molecular weight is 314 g/mol. The van der Waals surface area contributed by atoms with Gasteiger partial charge in [0.05, 0.1) is 12.6 Å². The summed E-state index contributed by atoms with van der Waals surface area (Å²) in [5, 5.41) is 4.12. The largest absolute Gasteiger partial charge is 0.377 e. The summed E-state index contributed by atoms with van der Waals surface area (Å²) < 4.78 is 11.2. The van der Waals surface area contributed by atoms with Crippen molar-refractivity contribution in [1.29, 1.82) is 0 Å². The number of hydrogen-bond donors (Lipinski definition) is 0. The van der Waals surface area contributed by atoms with E-state index in [0.29, 0.717) is 24.5 Å². The van der Waals surface area contributed by atoms with Crippen molar-refractivity contribution >= 4 is 0 Å². The van der Waals surface area contributed by atoms with Crippen LogP contribution in [0.25, 0.3) is 0 Å². The van der Waals surface area contributed by atoms with Crippen molar-refractivity contribution in [3.63, 3.8) is 0 Å². The van der Waals surface area contributed by atoms with Crippen molar-refractivity contribution in [2.24, 2.45) is 0 Å². The SMILES string of the molecule is c1cc(CN(Cc2nc(C3CC3)no2)CC2CCCO2)ccn1. The molecule has 0 bridgehead atoms. The maximum absolute atomic E-state index is 5.79. The lowest BCUT2D eigenvalue weighted by Gasteiger charge is -2.23. The molecule has 1 saturated carbocycles. The molecule has 1 saturated heterocycles. The van der Waals surface area contributed by atoms with Crippen molar-refractivity contribution in [2.75, 3.05) is 13.2 Å². The highest BCUT2D eigenvalue weighted by Crippen LogP contribution is 2.38. The molecule has 1 unspecified atom stereocenters. The molecule has 1 aliphatic heterocycles. The standard InChI is InChI=1S/C17H22N4O2/c1-2-15(22-9-1)11-21(10-13-5-7-18-8-6-13)12-16-19-17(20-23-16)14-3-4-14/h5-8,14-15H,1-4,9-12H2. The third kappa shape index (κ3) is 3.95. The molecule has 0 amide bonds. The van der Waals surface area contributed by atoms with E-state index < -0.39 is 0 Å². The molecule has 4 rings (SSSR count). The molecule has 2 aliphatic rings. The summed E-state index contributed by atoms with van der Waals surface area (Å²) in [7, 11) is 0. The first-order chi connectivity index (χ1) is 11.4. The van der Waals surface area contributed by atoms with Crippen LogP contribution in [0, 0.1) is 0 Å². The highest BCUT2D eigenvalue weighted by atomic mass is 16.5. The highest BCUT2D eigenvalue weighted by molar-refractivity contribution is 5.09. The molecule has 3 heterocycles. The van der Waals surface area contributed by atoms with Crippen LogP contribution in [0.2, 0.25) is 0 Å². The molecule has 0 radical (unpaired) electrons. The summed E-state index contributed by atoms with van der Waals surface area (Å²) in [6, 6.07) is 4.10. The predicted octanol–water partition coefficient (Wildman–Crippen LogP) is 2.52. The molecule has 2 aromatic heterocycles. The van der Waals surface area contributed by atoms with Gasteiger partial charge in [-0.1, -0.05) is 5.16 Å². The van der Waals surface area contributed by atoms with Gasteiger partial charge in [-0.05, 0) is 43.4 Å². The van der Waals surface area contributed by atoms with Crippen LogP contribution in [0.4, 0.5) is 0 Å². The van der Waals surface area contributed by atoms with Crippen LogP contribution in [0.15, 0.2) is 29.0 Å². The van der Waals surface area contributed by atoms with Gasteiger partial charge in [-0.3, -0.25) is 9.88 Å². The number of pyridine rings is 1.